The Morgan fingerprint density at radius 2 is 1.81 bits per heavy atom. The number of nitrogens with zero attached hydrogens (tertiary/aromatic N) is 1. The summed E-state index contributed by atoms with van der Waals surface area (Å²) in [6.45, 7) is 10.7. The van der Waals surface area contributed by atoms with Crippen molar-refractivity contribution in [1.29, 1.82) is 0 Å². The van der Waals surface area contributed by atoms with Crippen LogP contribution in [0.25, 0.3) is 0 Å². The minimum atomic E-state index is 0.0519. The van der Waals surface area contributed by atoms with Crippen LogP contribution in [0, 0.1) is 0 Å². The monoisotopic (exact) mass is 349 g/mol. The van der Waals surface area contributed by atoms with Crippen molar-refractivity contribution in [2.75, 3.05) is 13.1 Å². The quantitative estimate of drug-likeness (QED) is 0.382. The van der Waals surface area contributed by atoms with Gasteiger partial charge in [-0.25, -0.2) is 0 Å². The van der Waals surface area contributed by atoms with E-state index in [4.69, 9.17) is 0 Å². The second kappa shape index (κ2) is 10.2. The van der Waals surface area contributed by atoms with E-state index < -0.39 is 0 Å². The molecule has 0 atom stereocenters. The fraction of sp³-hybridized carbons (Fsp3) is 0.278. The van der Waals surface area contributed by atoms with Crippen LogP contribution in [-0.2, 0) is 4.79 Å². The molecule has 1 amide bonds. The Labute approximate surface area is 134 Å². The van der Waals surface area contributed by atoms with Gasteiger partial charge in [0.25, 0.3) is 0 Å². The van der Waals surface area contributed by atoms with Crippen LogP contribution in [-0.4, -0.2) is 38.9 Å². The van der Waals surface area contributed by atoms with Gasteiger partial charge in [-0.2, -0.15) is 0 Å². The van der Waals surface area contributed by atoms with Crippen LogP contribution in [0.3, 0.4) is 0 Å². The van der Waals surface area contributed by atoms with Crippen LogP contribution in [0.5, 0.6) is 0 Å². The van der Waals surface area contributed by atoms with E-state index in [1.54, 1.807) is 17.1 Å². The average molecular weight is 348 g/mol. The molecule has 21 heavy (non-hydrogen) atoms. The normalized spacial score (nSPS) is 11.0. The van der Waals surface area contributed by atoms with Crippen molar-refractivity contribution in [3.63, 3.8) is 0 Å². The zero-order valence-corrected chi connectivity index (χ0v) is 14.3. The van der Waals surface area contributed by atoms with E-state index in [1.165, 1.54) is 8.93 Å². The molecule has 0 aliphatic carbocycles. The Bertz CT molecular complexity index is 483. The SMILES string of the molecule is C=CCN(CC=C)C(=O)/C=C(/CCC)[Se]c1ccccc1. The van der Waals surface area contributed by atoms with E-state index in [0.29, 0.717) is 13.1 Å². The van der Waals surface area contributed by atoms with Crippen molar-refractivity contribution < 1.29 is 4.79 Å². The molecule has 0 spiro atoms. The zero-order valence-electron chi connectivity index (χ0n) is 12.6. The average Bonchev–Trinajstić information content (AvgIpc) is 2.48. The number of hydrogen-bond donors (Lipinski definition) is 0. The van der Waals surface area contributed by atoms with Crippen molar-refractivity contribution in [1.82, 2.24) is 4.90 Å². The summed E-state index contributed by atoms with van der Waals surface area (Å²) in [5.74, 6) is 0.0519. The zero-order chi connectivity index (χ0) is 15.5. The van der Waals surface area contributed by atoms with E-state index in [-0.39, 0.29) is 20.9 Å². The third kappa shape index (κ3) is 6.61. The first-order valence-corrected chi connectivity index (χ1v) is 8.86. The van der Waals surface area contributed by atoms with Crippen molar-refractivity contribution in [2.45, 2.75) is 19.8 Å². The molecule has 0 saturated heterocycles. The summed E-state index contributed by atoms with van der Waals surface area (Å²) in [6, 6.07) is 10.4. The molecule has 0 bridgehead atoms. The summed E-state index contributed by atoms with van der Waals surface area (Å²) in [7, 11) is 0. The molecule has 0 radical (unpaired) electrons. The first kappa shape index (κ1) is 17.5. The van der Waals surface area contributed by atoms with E-state index in [0.717, 1.165) is 12.8 Å². The number of carbonyl (C=O) groups excluding carboxylic acids is 1. The van der Waals surface area contributed by atoms with Gasteiger partial charge in [-0.05, 0) is 0 Å². The fourth-order valence-electron chi connectivity index (χ4n) is 1.83. The number of allylic oxidation sites excluding steroid dienone is 1. The Hall–Kier alpha value is -1.57. The van der Waals surface area contributed by atoms with Crippen molar-refractivity contribution in [3.8, 4) is 0 Å². The van der Waals surface area contributed by atoms with Crippen LogP contribution in [0.4, 0.5) is 0 Å². The predicted molar refractivity (Wildman–Crippen MR) is 91.8 cm³/mol. The molecule has 3 heteroatoms. The second-order valence-electron chi connectivity index (χ2n) is 4.60. The number of carbonyl (C=O) groups is 1. The number of benzene rings is 1. The summed E-state index contributed by atoms with van der Waals surface area (Å²) in [4.78, 5) is 14.1. The van der Waals surface area contributed by atoms with Gasteiger partial charge >= 0.3 is 134 Å². The molecule has 0 aromatic heterocycles. The third-order valence-electron chi connectivity index (χ3n) is 2.78. The standard InChI is InChI=1S/C18H23NOSe/c1-4-10-17(21-16-11-8-7-9-12-16)15-18(20)19(13-5-2)14-6-3/h5-9,11-12,15H,2-4,10,13-14H2,1H3/b17-15-. The first-order valence-electron chi connectivity index (χ1n) is 7.15. The molecule has 0 N–H and O–H groups in total. The van der Waals surface area contributed by atoms with Gasteiger partial charge in [-0.1, -0.05) is 0 Å². The molecule has 0 aliphatic heterocycles. The predicted octanol–water partition coefficient (Wildman–Crippen LogP) is 2.90. The van der Waals surface area contributed by atoms with E-state index in [2.05, 4.69) is 32.2 Å². The van der Waals surface area contributed by atoms with Gasteiger partial charge in [-0.3, -0.25) is 0 Å². The molecule has 0 aliphatic rings. The Morgan fingerprint density at radius 1 is 1.19 bits per heavy atom. The molecule has 112 valence electrons. The Balaban J connectivity index is 2.84. The first-order chi connectivity index (χ1) is 10.2. The molecule has 0 heterocycles. The summed E-state index contributed by atoms with van der Waals surface area (Å²) >= 11 is 0.209. The maximum absolute atomic E-state index is 12.4. The molecule has 0 saturated carbocycles. The number of hydrogen-bond acceptors (Lipinski definition) is 1. The topological polar surface area (TPSA) is 20.3 Å². The van der Waals surface area contributed by atoms with Crippen LogP contribution in [0.1, 0.15) is 19.8 Å². The van der Waals surface area contributed by atoms with Gasteiger partial charge in [0.05, 0.1) is 0 Å². The molecule has 1 aromatic carbocycles. The van der Waals surface area contributed by atoms with Crippen LogP contribution in [0.2, 0.25) is 0 Å². The fourth-order valence-corrected chi connectivity index (χ4v) is 4.06. The van der Waals surface area contributed by atoms with Crippen LogP contribution >= 0.6 is 0 Å². The van der Waals surface area contributed by atoms with Crippen LogP contribution in [0.15, 0.2) is 66.2 Å². The second-order valence-corrected chi connectivity index (χ2v) is 7.11. The van der Waals surface area contributed by atoms with Gasteiger partial charge in [0.2, 0.25) is 0 Å². The van der Waals surface area contributed by atoms with E-state index in [9.17, 15) is 4.79 Å². The summed E-state index contributed by atoms with van der Waals surface area (Å²) in [5, 5.41) is 0. The Kier molecular flexibility index (Phi) is 8.49. The summed E-state index contributed by atoms with van der Waals surface area (Å²) in [5.41, 5.74) is 0. The van der Waals surface area contributed by atoms with Gasteiger partial charge in [0, 0.05) is 0 Å². The number of amides is 1. The van der Waals surface area contributed by atoms with Gasteiger partial charge in [-0.15, -0.1) is 0 Å². The molecular weight excluding hydrogens is 325 g/mol. The minimum absolute atomic E-state index is 0.0519. The molecule has 1 rings (SSSR count). The number of rotatable bonds is 9. The summed E-state index contributed by atoms with van der Waals surface area (Å²) < 4.78 is 2.54. The molecule has 0 unspecified atom stereocenters. The van der Waals surface area contributed by atoms with Gasteiger partial charge in [0.1, 0.15) is 0 Å². The molecule has 1 aromatic rings. The third-order valence-corrected chi connectivity index (χ3v) is 5.07. The Morgan fingerprint density at radius 3 is 2.33 bits per heavy atom. The van der Waals surface area contributed by atoms with E-state index >= 15 is 0 Å². The maximum atomic E-state index is 12.4. The molecule has 2 nitrogen and oxygen atoms in total. The molecular formula is C18H23NOSe. The van der Waals surface area contributed by atoms with E-state index in [1.807, 2.05) is 24.3 Å². The van der Waals surface area contributed by atoms with Crippen molar-refractivity contribution in [3.05, 3.63) is 66.2 Å². The van der Waals surface area contributed by atoms with Gasteiger partial charge in [0.15, 0.2) is 0 Å². The van der Waals surface area contributed by atoms with Crippen molar-refractivity contribution >= 4 is 25.3 Å². The summed E-state index contributed by atoms with van der Waals surface area (Å²) in [6.07, 6.45) is 7.32. The van der Waals surface area contributed by atoms with Crippen molar-refractivity contribution in [2.24, 2.45) is 0 Å². The van der Waals surface area contributed by atoms with Crippen LogP contribution < -0.4 is 4.46 Å². The molecule has 0 fully saturated rings. The van der Waals surface area contributed by atoms with Gasteiger partial charge < -0.3 is 0 Å².